The topological polar surface area (TPSA) is 69.4 Å². The molecule has 0 fully saturated rings. The van der Waals surface area contributed by atoms with Crippen molar-refractivity contribution in [3.8, 4) is 0 Å². The lowest BCUT2D eigenvalue weighted by molar-refractivity contribution is 0.194. The van der Waals surface area contributed by atoms with Crippen LogP contribution >= 0.6 is 0 Å². The number of methoxy groups -OCH3 is 1. The summed E-state index contributed by atoms with van der Waals surface area (Å²) in [5.74, 6) is -0.811. The number of anilines is 1. The van der Waals surface area contributed by atoms with Gasteiger partial charge in [0.15, 0.2) is 9.84 Å². The zero-order chi connectivity index (χ0) is 13.1. The molecule has 17 heavy (non-hydrogen) atoms. The van der Waals surface area contributed by atoms with Gasteiger partial charge in [-0.1, -0.05) is 0 Å². The molecule has 0 aliphatic carbocycles. The molecular weight excluding hydrogens is 245 g/mol. The van der Waals surface area contributed by atoms with E-state index in [1.54, 1.807) is 0 Å². The summed E-state index contributed by atoms with van der Waals surface area (Å²) in [4.78, 5) is -0.310. The van der Waals surface area contributed by atoms with Crippen LogP contribution in [-0.4, -0.2) is 27.4 Å². The van der Waals surface area contributed by atoms with Crippen LogP contribution in [0.2, 0.25) is 0 Å². The summed E-state index contributed by atoms with van der Waals surface area (Å²) in [5.41, 5.74) is 5.57. The van der Waals surface area contributed by atoms with E-state index in [-0.39, 0.29) is 10.6 Å². The maximum atomic E-state index is 13.5. The zero-order valence-corrected chi connectivity index (χ0v) is 10.6. The fourth-order valence-corrected chi connectivity index (χ4v) is 2.83. The van der Waals surface area contributed by atoms with E-state index in [1.807, 2.05) is 0 Å². The van der Waals surface area contributed by atoms with Crippen molar-refractivity contribution in [3.05, 3.63) is 24.0 Å². The molecule has 0 radical (unpaired) electrons. The first-order valence-electron chi connectivity index (χ1n) is 5.17. The smallest absolute Gasteiger partial charge is 0.183 e. The molecular formula is C11H16FNO3S. The van der Waals surface area contributed by atoms with Gasteiger partial charge >= 0.3 is 0 Å². The van der Waals surface area contributed by atoms with Gasteiger partial charge in [0.25, 0.3) is 0 Å². The fraction of sp³-hybridized carbons (Fsp3) is 0.455. The average Bonchev–Trinajstić information content (AvgIpc) is 2.25. The Balaban J connectivity index is 3.04. The third-order valence-electron chi connectivity index (χ3n) is 2.52. The molecule has 2 N–H and O–H groups in total. The van der Waals surface area contributed by atoms with Gasteiger partial charge in [0.05, 0.1) is 5.25 Å². The van der Waals surface area contributed by atoms with E-state index in [1.165, 1.54) is 26.2 Å². The van der Waals surface area contributed by atoms with Gasteiger partial charge in [0, 0.05) is 19.4 Å². The molecule has 0 saturated heterocycles. The highest BCUT2D eigenvalue weighted by molar-refractivity contribution is 7.92. The number of ether oxygens (including phenoxy) is 1. The molecule has 0 heterocycles. The van der Waals surface area contributed by atoms with Gasteiger partial charge in [-0.2, -0.15) is 0 Å². The van der Waals surface area contributed by atoms with Crippen molar-refractivity contribution in [2.75, 3.05) is 19.5 Å². The van der Waals surface area contributed by atoms with Crippen LogP contribution < -0.4 is 5.73 Å². The van der Waals surface area contributed by atoms with Crippen molar-refractivity contribution in [2.24, 2.45) is 0 Å². The van der Waals surface area contributed by atoms with Gasteiger partial charge in [-0.05, 0) is 31.5 Å². The highest BCUT2D eigenvalue weighted by Gasteiger charge is 2.26. The Hall–Kier alpha value is -1.14. The van der Waals surface area contributed by atoms with E-state index in [0.717, 1.165) is 6.07 Å². The van der Waals surface area contributed by atoms with Crippen LogP contribution in [0.15, 0.2) is 23.1 Å². The van der Waals surface area contributed by atoms with Gasteiger partial charge in [0.1, 0.15) is 10.7 Å². The molecule has 4 nitrogen and oxygen atoms in total. The predicted molar refractivity (Wildman–Crippen MR) is 64.0 cm³/mol. The van der Waals surface area contributed by atoms with E-state index < -0.39 is 20.9 Å². The van der Waals surface area contributed by atoms with Gasteiger partial charge in [-0.15, -0.1) is 0 Å². The molecule has 0 aliphatic rings. The summed E-state index contributed by atoms with van der Waals surface area (Å²) >= 11 is 0. The minimum atomic E-state index is -3.67. The number of nitrogens with two attached hydrogens (primary N) is 1. The second-order valence-electron chi connectivity index (χ2n) is 3.83. The van der Waals surface area contributed by atoms with E-state index in [4.69, 9.17) is 10.5 Å². The zero-order valence-electron chi connectivity index (χ0n) is 9.81. The Labute approximate surface area is 101 Å². The van der Waals surface area contributed by atoms with Crippen LogP contribution in [0.1, 0.15) is 13.3 Å². The first-order chi connectivity index (χ1) is 7.89. The molecule has 1 rings (SSSR count). The average molecular weight is 261 g/mol. The second-order valence-corrected chi connectivity index (χ2v) is 6.16. The van der Waals surface area contributed by atoms with Crippen LogP contribution in [0.25, 0.3) is 0 Å². The predicted octanol–water partition coefficient (Wildman–Crippen LogP) is 1.61. The summed E-state index contributed by atoms with van der Waals surface area (Å²) in [6.07, 6.45) is 0.322. The van der Waals surface area contributed by atoms with Crippen molar-refractivity contribution in [3.63, 3.8) is 0 Å². The second kappa shape index (κ2) is 5.46. The highest BCUT2D eigenvalue weighted by atomic mass is 32.2. The molecule has 0 bridgehead atoms. The van der Waals surface area contributed by atoms with Crippen LogP contribution in [0.3, 0.4) is 0 Å². The third-order valence-corrected chi connectivity index (χ3v) is 4.76. The molecule has 6 heteroatoms. The molecule has 1 unspecified atom stereocenters. The van der Waals surface area contributed by atoms with Crippen LogP contribution in [-0.2, 0) is 14.6 Å². The number of halogens is 1. The summed E-state index contributed by atoms with van der Waals surface area (Å²) in [6, 6.07) is 3.58. The maximum Gasteiger partial charge on any atom is 0.183 e. The molecule has 0 spiro atoms. The van der Waals surface area contributed by atoms with Crippen molar-refractivity contribution in [2.45, 2.75) is 23.5 Å². The largest absolute Gasteiger partial charge is 0.399 e. The first-order valence-corrected chi connectivity index (χ1v) is 6.72. The molecule has 0 aliphatic heterocycles. The minimum Gasteiger partial charge on any atom is -0.399 e. The van der Waals surface area contributed by atoms with E-state index in [2.05, 4.69) is 0 Å². The first kappa shape index (κ1) is 13.9. The molecule has 0 saturated carbocycles. The van der Waals surface area contributed by atoms with Crippen molar-refractivity contribution in [1.82, 2.24) is 0 Å². The molecule has 0 amide bonds. The van der Waals surface area contributed by atoms with E-state index >= 15 is 0 Å². The molecule has 1 atom stereocenters. The third kappa shape index (κ3) is 3.17. The summed E-state index contributed by atoms with van der Waals surface area (Å²) < 4.78 is 42.4. The van der Waals surface area contributed by atoms with Crippen LogP contribution in [0, 0.1) is 5.82 Å². The molecule has 0 aromatic heterocycles. The maximum absolute atomic E-state index is 13.5. The lowest BCUT2D eigenvalue weighted by Gasteiger charge is -2.13. The molecule has 96 valence electrons. The highest BCUT2D eigenvalue weighted by Crippen LogP contribution is 2.22. The molecule has 1 aromatic carbocycles. The lowest BCUT2D eigenvalue weighted by atomic mass is 10.3. The quantitative estimate of drug-likeness (QED) is 0.817. The van der Waals surface area contributed by atoms with Crippen LogP contribution in [0.5, 0.6) is 0 Å². The Kier molecular flexibility index (Phi) is 4.47. The Bertz CT molecular complexity index is 487. The van der Waals surface area contributed by atoms with Gasteiger partial charge in [-0.25, -0.2) is 12.8 Å². The monoisotopic (exact) mass is 261 g/mol. The Morgan fingerprint density at radius 3 is 2.65 bits per heavy atom. The SMILES string of the molecule is COCCC(C)S(=O)(=O)c1ccc(N)cc1F. The number of hydrogen-bond acceptors (Lipinski definition) is 4. The minimum absolute atomic E-state index is 0.200. The standard InChI is InChI=1S/C11H16FNO3S/c1-8(5-6-16-2)17(14,15)11-4-3-9(13)7-10(11)12/h3-4,7-8H,5-6,13H2,1-2H3. The fourth-order valence-electron chi connectivity index (χ4n) is 1.40. The number of rotatable bonds is 5. The Morgan fingerprint density at radius 1 is 1.47 bits per heavy atom. The van der Waals surface area contributed by atoms with Crippen molar-refractivity contribution in [1.29, 1.82) is 0 Å². The van der Waals surface area contributed by atoms with Crippen LogP contribution in [0.4, 0.5) is 10.1 Å². The lowest BCUT2D eigenvalue weighted by Crippen LogP contribution is -2.20. The number of benzene rings is 1. The van der Waals surface area contributed by atoms with Crippen molar-refractivity contribution >= 4 is 15.5 Å². The van der Waals surface area contributed by atoms with E-state index in [0.29, 0.717) is 13.0 Å². The summed E-state index contributed by atoms with van der Waals surface area (Å²) in [7, 11) is -2.18. The molecule has 1 aromatic rings. The summed E-state index contributed by atoms with van der Waals surface area (Å²) in [6.45, 7) is 1.85. The number of nitrogen functional groups attached to an aromatic ring is 1. The summed E-state index contributed by atoms with van der Waals surface area (Å²) in [5, 5.41) is -0.694. The van der Waals surface area contributed by atoms with Gasteiger partial charge in [0.2, 0.25) is 0 Å². The van der Waals surface area contributed by atoms with Crippen molar-refractivity contribution < 1.29 is 17.5 Å². The number of sulfone groups is 1. The number of hydrogen-bond donors (Lipinski definition) is 1. The van der Waals surface area contributed by atoms with Gasteiger partial charge < -0.3 is 10.5 Å². The van der Waals surface area contributed by atoms with Gasteiger partial charge in [-0.3, -0.25) is 0 Å². The van der Waals surface area contributed by atoms with E-state index in [9.17, 15) is 12.8 Å². The Morgan fingerprint density at radius 2 is 2.12 bits per heavy atom. The normalized spacial score (nSPS) is 13.6.